The van der Waals surface area contributed by atoms with Crippen molar-refractivity contribution < 1.29 is 9.47 Å². The first-order chi connectivity index (χ1) is 4.16. The van der Waals surface area contributed by atoms with E-state index in [0.717, 1.165) is 0 Å². The Morgan fingerprint density at radius 3 is 2.44 bits per heavy atom. The molecule has 2 nitrogen and oxygen atoms in total. The molecule has 0 aliphatic rings. The minimum atomic E-state index is 0.0255. The zero-order chi connectivity index (χ0) is 7.28. The van der Waals surface area contributed by atoms with Crippen LogP contribution in [0.5, 0.6) is 0 Å². The maximum atomic E-state index is 4.73. The maximum absolute atomic E-state index is 4.73. The van der Waals surface area contributed by atoms with Gasteiger partial charge in [-0.25, -0.2) is 0 Å². The van der Waals surface area contributed by atoms with Crippen LogP contribution in [0.15, 0.2) is 0 Å². The van der Waals surface area contributed by atoms with Gasteiger partial charge in [-0.15, -0.1) is 0 Å². The van der Waals surface area contributed by atoms with Crippen LogP contribution < -0.4 is 0 Å². The highest BCUT2D eigenvalue weighted by Gasteiger charge is 1.96. The molecule has 0 saturated heterocycles. The normalized spacial score (nSPS) is 8.22. The van der Waals surface area contributed by atoms with E-state index >= 15 is 0 Å². The first kappa shape index (κ1) is 9.13. The number of rotatable bonds is 1. The average Bonchev–Trinajstić information content (AvgIpc) is 1.63. The second-order valence-electron chi connectivity index (χ2n) is 1.05. The fraction of sp³-hybridized carbons (Fsp3) is 0.500. The van der Waals surface area contributed by atoms with Crippen molar-refractivity contribution in [3.05, 3.63) is 0 Å². The SMILES string of the molecule is CCOC(=S)OC(=S)S. The van der Waals surface area contributed by atoms with E-state index in [1.807, 2.05) is 0 Å². The molecule has 0 aromatic heterocycles. The van der Waals surface area contributed by atoms with E-state index in [1.165, 1.54) is 0 Å². The van der Waals surface area contributed by atoms with E-state index in [4.69, 9.17) is 4.74 Å². The van der Waals surface area contributed by atoms with Crippen LogP contribution in [-0.2, 0) is 9.47 Å². The van der Waals surface area contributed by atoms with Gasteiger partial charge in [0, 0.05) is 12.2 Å². The van der Waals surface area contributed by atoms with Crippen molar-refractivity contribution in [1.29, 1.82) is 0 Å². The summed E-state index contributed by atoms with van der Waals surface area (Å²) in [5.41, 5.74) is 0. The smallest absolute Gasteiger partial charge is 0.359 e. The van der Waals surface area contributed by atoms with Gasteiger partial charge >= 0.3 is 5.24 Å². The number of ether oxygens (including phenoxy) is 2. The molecule has 0 heterocycles. The van der Waals surface area contributed by atoms with Gasteiger partial charge in [0.15, 0.2) is 0 Å². The van der Waals surface area contributed by atoms with Crippen LogP contribution in [0.1, 0.15) is 6.92 Å². The molecule has 0 bridgehead atoms. The van der Waals surface area contributed by atoms with Gasteiger partial charge in [0.1, 0.15) is 0 Å². The molecule has 0 aromatic carbocycles. The lowest BCUT2D eigenvalue weighted by Crippen LogP contribution is -2.07. The summed E-state index contributed by atoms with van der Waals surface area (Å²) < 4.78 is 9.40. The van der Waals surface area contributed by atoms with Crippen LogP contribution in [0.2, 0.25) is 0 Å². The van der Waals surface area contributed by atoms with Crippen molar-refractivity contribution in [3.8, 4) is 0 Å². The Morgan fingerprint density at radius 1 is 1.56 bits per heavy atom. The van der Waals surface area contributed by atoms with Gasteiger partial charge in [-0.2, -0.15) is 0 Å². The molecule has 0 fully saturated rings. The van der Waals surface area contributed by atoms with E-state index in [9.17, 15) is 0 Å². The third-order valence-electron chi connectivity index (χ3n) is 0.433. The highest BCUT2D eigenvalue weighted by atomic mass is 32.1. The number of hydrogen-bond acceptors (Lipinski definition) is 4. The molecule has 0 unspecified atom stereocenters. The molecule has 52 valence electrons. The van der Waals surface area contributed by atoms with Crippen LogP contribution in [0.25, 0.3) is 0 Å². The quantitative estimate of drug-likeness (QED) is 0.489. The van der Waals surface area contributed by atoms with E-state index in [-0.39, 0.29) is 9.62 Å². The van der Waals surface area contributed by atoms with Gasteiger partial charge in [-0.05, 0) is 19.1 Å². The molecule has 0 atom stereocenters. The van der Waals surface area contributed by atoms with Crippen LogP contribution in [-0.4, -0.2) is 16.2 Å². The van der Waals surface area contributed by atoms with Gasteiger partial charge in [0.2, 0.25) is 4.38 Å². The summed E-state index contributed by atoms with van der Waals surface area (Å²) in [5.74, 6) is 0. The standard InChI is InChI=1S/C4H6O2S3/c1-2-5-3(7)6-4(8)9/h2H2,1H3,(H,8,9). The Balaban J connectivity index is 3.39. The molecule has 0 N–H and O–H groups in total. The summed E-state index contributed by atoms with van der Waals surface area (Å²) in [7, 11) is 0. The summed E-state index contributed by atoms with van der Waals surface area (Å²) in [6, 6.07) is 0. The van der Waals surface area contributed by atoms with E-state index in [0.29, 0.717) is 6.61 Å². The molecule has 0 aliphatic carbocycles. The number of hydrogen-bond donors (Lipinski definition) is 1. The minimum Gasteiger partial charge on any atom is -0.457 e. The van der Waals surface area contributed by atoms with Crippen LogP contribution in [0, 0.1) is 0 Å². The molecule has 0 radical (unpaired) electrons. The fourth-order valence-corrected chi connectivity index (χ4v) is 0.693. The van der Waals surface area contributed by atoms with Crippen molar-refractivity contribution in [1.82, 2.24) is 0 Å². The Morgan fingerprint density at radius 2 is 2.11 bits per heavy atom. The van der Waals surface area contributed by atoms with Crippen molar-refractivity contribution >= 4 is 46.7 Å². The monoisotopic (exact) mass is 182 g/mol. The second kappa shape index (κ2) is 4.96. The first-order valence-electron chi connectivity index (χ1n) is 2.24. The van der Waals surface area contributed by atoms with E-state index in [1.54, 1.807) is 6.92 Å². The fourth-order valence-electron chi connectivity index (χ4n) is 0.219. The first-order valence-corrected chi connectivity index (χ1v) is 3.50. The molecule has 0 aromatic rings. The van der Waals surface area contributed by atoms with Crippen molar-refractivity contribution in [2.24, 2.45) is 0 Å². The highest BCUT2D eigenvalue weighted by Crippen LogP contribution is 1.91. The summed E-state index contributed by atoms with van der Waals surface area (Å²) in [4.78, 5) is 0. The topological polar surface area (TPSA) is 18.5 Å². The summed E-state index contributed by atoms with van der Waals surface area (Å²) in [5, 5.41) is 0.0255. The highest BCUT2D eigenvalue weighted by molar-refractivity contribution is 8.10. The zero-order valence-corrected chi connectivity index (χ0v) is 7.31. The van der Waals surface area contributed by atoms with Crippen LogP contribution in [0.4, 0.5) is 0 Å². The largest absolute Gasteiger partial charge is 0.457 e. The summed E-state index contributed by atoms with van der Waals surface area (Å²) in [6.45, 7) is 2.28. The number of thiocarbonyl (C=S) groups is 2. The molecular formula is C4H6O2S3. The lowest BCUT2D eigenvalue weighted by molar-refractivity contribution is 0.264. The molecule has 0 amide bonds. The van der Waals surface area contributed by atoms with Gasteiger partial charge in [-0.1, -0.05) is 12.6 Å². The summed E-state index contributed by atoms with van der Waals surface area (Å²) >= 11 is 12.7. The average molecular weight is 182 g/mol. The van der Waals surface area contributed by atoms with Crippen LogP contribution in [0.3, 0.4) is 0 Å². The Labute approximate surface area is 69.9 Å². The van der Waals surface area contributed by atoms with Crippen molar-refractivity contribution in [2.75, 3.05) is 6.61 Å². The zero-order valence-electron chi connectivity index (χ0n) is 4.79. The molecular weight excluding hydrogens is 176 g/mol. The molecule has 5 heteroatoms. The maximum Gasteiger partial charge on any atom is 0.359 e. The van der Waals surface area contributed by atoms with Crippen molar-refractivity contribution in [2.45, 2.75) is 6.92 Å². The number of thiol groups is 1. The van der Waals surface area contributed by atoms with Crippen LogP contribution >= 0.6 is 37.1 Å². The van der Waals surface area contributed by atoms with Gasteiger partial charge < -0.3 is 9.47 Å². The van der Waals surface area contributed by atoms with Gasteiger partial charge in [-0.3, -0.25) is 0 Å². The lowest BCUT2D eigenvalue weighted by Gasteiger charge is -2.02. The summed E-state index contributed by atoms with van der Waals surface area (Å²) in [6.07, 6.45) is 0. The van der Waals surface area contributed by atoms with Gasteiger partial charge in [0.05, 0.1) is 6.61 Å². The molecule has 9 heavy (non-hydrogen) atoms. The molecule has 0 aliphatic heterocycles. The predicted octanol–water partition coefficient (Wildman–Crippen LogP) is 1.54. The molecule has 0 spiro atoms. The van der Waals surface area contributed by atoms with Crippen molar-refractivity contribution in [3.63, 3.8) is 0 Å². The second-order valence-corrected chi connectivity index (χ2v) is 2.46. The Hall–Kier alpha value is 0.130. The Bertz CT molecular complexity index is 123. The van der Waals surface area contributed by atoms with E-state index in [2.05, 4.69) is 41.8 Å². The third-order valence-corrected chi connectivity index (χ3v) is 0.809. The van der Waals surface area contributed by atoms with E-state index < -0.39 is 0 Å². The molecule has 0 rings (SSSR count). The van der Waals surface area contributed by atoms with Gasteiger partial charge in [0.25, 0.3) is 0 Å². The predicted molar refractivity (Wildman–Crippen MR) is 46.9 cm³/mol. The minimum absolute atomic E-state index is 0.0255. The third kappa shape index (κ3) is 6.01. The lowest BCUT2D eigenvalue weighted by atomic mass is 10.9. The molecule has 0 saturated carbocycles. The Kier molecular flexibility index (Phi) is 5.03.